The van der Waals surface area contributed by atoms with E-state index in [0.29, 0.717) is 39.8 Å². The predicted octanol–water partition coefficient (Wildman–Crippen LogP) is 3.98. The first-order valence-corrected chi connectivity index (χ1v) is 8.59. The molecule has 2 atom stereocenters. The molecule has 1 aliphatic rings. The Morgan fingerprint density at radius 3 is 2.46 bits per heavy atom. The zero-order valence-electron chi connectivity index (χ0n) is 14.6. The van der Waals surface area contributed by atoms with E-state index in [1.165, 1.54) is 0 Å². The number of carbonyl (C=O) groups excluding carboxylic acids is 2. The summed E-state index contributed by atoms with van der Waals surface area (Å²) in [6.07, 6.45) is 0.946. The van der Waals surface area contributed by atoms with E-state index in [9.17, 15) is 9.59 Å². The largest absolute Gasteiger partial charge is 0.441 e. The molecule has 4 rings (SSSR count). The molecule has 0 aliphatic heterocycles. The molecule has 3 aromatic rings. The van der Waals surface area contributed by atoms with Gasteiger partial charge < -0.3 is 15.1 Å². The van der Waals surface area contributed by atoms with E-state index in [1.807, 2.05) is 0 Å². The summed E-state index contributed by atoms with van der Waals surface area (Å²) >= 11 is 0. The monoisotopic (exact) mass is 349 g/mol. The summed E-state index contributed by atoms with van der Waals surface area (Å²) in [6, 6.07) is 12.2. The predicted molar refractivity (Wildman–Crippen MR) is 99.0 cm³/mol. The number of benzene rings is 2. The van der Waals surface area contributed by atoms with E-state index < -0.39 is 0 Å². The number of anilines is 2. The maximum absolute atomic E-state index is 12.4. The van der Waals surface area contributed by atoms with Gasteiger partial charge in [0, 0.05) is 29.8 Å². The van der Waals surface area contributed by atoms with Crippen LogP contribution in [0.25, 0.3) is 11.1 Å². The fraction of sp³-hybridized carbons (Fsp3) is 0.250. The molecule has 132 valence electrons. The summed E-state index contributed by atoms with van der Waals surface area (Å²) in [5.41, 5.74) is 3.25. The van der Waals surface area contributed by atoms with Crippen molar-refractivity contribution in [1.82, 2.24) is 4.98 Å². The second kappa shape index (κ2) is 6.29. The Bertz CT molecular complexity index is 991. The molecular weight excluding hydrogens is 330 g/mol. The number of oxazole rings is 1. The molecule has 0 unspecified atom stereocenters. The summed E-state index contributed by atoms with van der Waals surface area (Å²) in [6.45, 7) is 3.85. The Morgan fingerprint density at radius 1 is 1.08 bits per heavy atom. The zero-order valence-corrected chi connectivity index (χ0v) is 14.6. The van der Waals surface area contributed by atoms with Gasteiger partial charge in [-0.2, -0.15) is 0 Å². The first-order chi connectivity index (χ1) is 12.5. The summed E-state index contributed by atoms with van der Waals surface area (Å²) < 4.78 is 5.43. The molecular formula is C20H19N3O3. The molecule has 1 aromatic heterocycles. The Hall–Kier alpha value is -3.15. The summed E-state index contributed by atoms with van der Waals surface area (Å²) in [5, 5.41) is 5.73. The van der Waals surface area contributed by atoms with Crippen LogP contribution in [0.2, 0.25) is 0 Å². The van der Waals surface area contributed by atoms with Crippen molar-refractivity contribution in [3.63, 3.8) is 0 Å². The third kappa shape index (κ3) is 3.31. The van der Waals surface area contributed by atoms with Crippen molar-refractivity contribution in [3.05, 3.63) is 53.9 Å². The number of hydrogen-bond donors (Lipinski definition) is 2. The Kier molecular flexibility index (Phi) is 3.95. The molecule has 1 saturated carbocycles. The fourth-order valence-corrected chi connectivity index (χ4v) is 2.95. The third-order valence-corrected chi connectivity index (χ3v) is 4.61. The average molecular weight is 349 g/mol. The standard InChI is InChI=1S/C20H19N3O3/c1-11-9-16(11)20(25)22-14-5-3-13(4-6-14)19(24)23-15-7-8-18-17(10-15)21-12(2)26-18/h3-8,10-11,16H,9H2,1-2H3,(H,22,25)(H,23,24)/t11-,16-/m0/s1. The van der Waals surface area contributed by atoms with E-state index in [-0.39, 0.29) is 17.7 Å². The molecule has 2 N–H and O–H groups in total. The molecule has 6 heteroatoms. The minimum absolute atomic E-state index is 0.0471. The van der Waals surface area contributed by atoms with Crippen LogP contribution >= 0.6 is 0 Å². The number of nitrogens with one attached hydrogen (secondary N) is 2. The first-order valence-electron chi connectivity index (χ1n) is 8.59. The number of aromatic nitrogens is 1. The normalized spacial score (nSPS) is 18.5. The summed E-state index contributed by atoms with van der Waals surface area (Å²) in [5.74, 6) is 0.991. The molecule has 2 amide bonds. The minimum atomic E-state index is -0.224. The highest BCUT2D eigenvalue weighted by molar-refractivity contribution is 6.05. The van der Waals surface area contributed by atoms with Gasteiger partial charge in [-0.15, -0.1) is 0 Å². The first kappa shape index (κ1) is 16.3. The number of aryl methyl sites for hydroxylation is 1. The van der Waals surface area contributed by atoms with Crippen molar-refractivity contribution < 1.29 is 14.0 Å². The quantitative estimate of drug-likeness (QED) is 0.746. The topological polar surface area (TPSA) is 84.2 Å². The van der Waals surface area contributed by atoms with Crippen molar-refractivity contribution in [3.8, 4) is 0 Å². The van der Waals surface area contributed by atoms with Gasteiger partial charge in [0.2, 0.25) is 5.91 Å². The number of amides is 2. The fourth-order valence-electron chi connectivity index (χ4n) is 2.95. The van der Waals surface area contributed by atoms with Crippen LogP contribution in [0.3, 0.4) is 0 Å². The van der Waals surface area contributed by atoms with Gasteiger partial charge in [-0.3, -0.25) is 9.59 Å². The smallest absolute Gasteiger partial charge is 0.255 e. The Labute approximate surface area is 150 Å². The second-order valence-electron chi connectivity index (χ2n) is 6.76. The molecule has 0 saturated heterocycles. The van der Waals surface area contributed by atoms with Crippen molar-refractivity contribution >= 4 is 34.3 Å². The van der Waals surface area contributed by atoms with Crippen LogP contribution in [0, 0.1) is 18.8 Å². The number of nitrogens with zero attached hydrogens (tertiary/aromatic N) is 1. The molecule has 26 heavy (non-hydrogen) atoms. The minimum Gasteiger partial charge on any atom is -0.441 e. The number of carbonyl (C=O) groups is 2. The van der Waals surface area contributed by atoms with E-state index in [4.69, 9.17) is 4.42 Å². The van der Waals surface area contributed by atoms with Gasteiger partial charge in [0.15, 0.2) is 11.5 Å². The van der Waals surface area contributed by atoms with Gasteiger partial charge in [-0.05, 0) is 54.8 Å². The van der Waals surface area contributed by atoms with Crippen LogP contribution in [0.15, 0.2) is 46.9 Å². The zero-order chi connectivity index (χ0) is 18.3. The Morgan fingerprint density at radius 2 is 1.77 bits per heavy atom. The molecule has 1 heterocycles. The highest BCUT2D eigenvalue weighted by atomic mass is 16.3. The number of fused-ring (bicyclic) bond motifs is 1. The molecule has 0 spiro atoms. The molecule has 0 bridgehead atoms. The molecule has 0 radical (unpaired) electrons. The van der Waals surface area contributed by atoms with Crippen LogP contribution in [0.4, 0.5) is 11.4 Å². The van der Waals surface area contributed by atoms with Crippen LogP contribution in [0.5, 0.6) is 0 Å². The van der Waals surface area contributed by atoms with Crippen LogP contribution in [-0.2, 0) is 4.79 Å². The lowest BCUT2D eigenvalue weighted by Crippen LogP contribution is -2.15. The lowest BCUT2D eigenvalue weighted by atomic mass is 10.1. The van der Waals surface area contributed by atoms with Crippen molar-refractivity contribution in [2.45, 2.75) is 20.3 Å². The summed E-state index contributed by atoms with van der Waals surface area (Å²) in [4.78, 5) is 28.6. The van der Waals surface area contributed by atoms with E-state index >= 15 is 0 Å². The average Bonchev–Trinajstić information content (AvgIpc) is 3.23. The van der Waals surface area contributed by atoms with E-state index in [1.54, 1.807) is 49.4 Å². The maximum atomic E-state index is 12.4. The van der Waals surface area contributed by atoms with Crippen LogP contribution in [0.1, 0.15) is 29.6 Å². The van der Waals surface area contributed by atoms with Gasteiger partial charge >= 0.3 is 0 Å². The maximum Gasteiger partial charge on any atom is 0.255 e. The van der Waals surface area contributed by atoms with Crippen molar-refractivity contribution in [2.24, 2.45) is 11.8 Å². The lowest BCUT2D eigenvalue weighted by Gasteiger charge is -2.07. The number of rotatable bonds is 4. The third-order valence-electron chi connectivity index (χ3n) is 4.61. The van der Waals surface area contributed by atoms with Gasteiger partial charge in [-0.1, -0.05) is 6.92 Å². The van der Waals surface area contributed by atoms with Crippen molar-refractivity contribution in [2.75, 3.05) is 10.6 Å². The van der Waals surface area contributed by atoms with E-state index in [2.05, 4.69) is 22.5 Å². The van der Waals surface area contributed by atoms with Crippen LogP contribution < -0.4 is 10.6 Å². The summed E-state index contributed by atoms with van der Waals surface area (Å²) in [7, 11) is 0. The molecule has 6 nitrogen and oxygen atoms in total. The van der Waals surface area contributed by atoms with Crippen molar-refractivity contribution in [1.29, 1.82) is 0 Å². The SMILES string of the molecule is Cc1nc2cc(NC(=O)c3ccc(NC(=O)[C@H]4C[C@@H]4C)cc3)ccc2o1. The van der Waals surface area contributed by atoms with E-state index in [0.717, 1.165) is 6.42 Å². The highest BCUT2D eigenvalue weighted by Crippen LogP contribution is 2.38. The molecule has 1 aliphatic carbocycles. The molecule has 2 aromatic carbocycles. The van der Waals surface area contributed by atoms with Crippen LogP contribution in [-0.4, -0.2) is 16.8 Å². The Balaban J connectivity index is 1.42. The van der Waals surface area contributed by atoms with Gasteiger partial charge in [0.05, 0.1) is 0 Å². The molecule has 1 fully saturated rings. The highest BCUT2D eigenvalue weighted by Gasteiger charge is 2.39. The second-order valence-corrected chi connectivity index (χ2v) is 6.76. The van der Waals surface area contributed by atoms with Gasteiger partial charge in [-0.25, -0.2) is 4.98 Å². The van der Waals surface area contributed by atoms with Gasteiger partial charge in [0.25, 0.3) is 5.91 Å². The number of hydrogen-bond acceptors (Lipinski definition) is 4. The lowest BCUT2D eigenvalue weighted by molar-refractivity contribution is -0.117. The van der Waals surface area contributed by atoms with Gasteiger partial charge in [0.1, 0.15) is 5.52 Å².